The first-order valence-corrected chi connectivity index (χ1v) is 7.42. The standard InChI is InChI=1S/C16H23FN2O/c1-13(14-6-8-15(17)9-7-14)18-16(20)12-19-10-4-2-3-5-11-19/h6-9,13H,2-5,10-12H2,1H3,(H,18,20)/t13-/m1/s1. The van der Waals surface area contributed by atoms with Gasteiger partial charge in [-0.25, -0.2) is 4.39 Å². The first kappa shape index (κ1) is 15.0. The number of nitrogens with zero attached hydrogens (tertiary/aromatic N) is 1. The van der Waals surface area contributed by atoms with Crippen molar-refractivity contribution in [2.45, 2.75) is 38.6 Å². The lowest BCUT2D eigenvalue weighted by molar-refractivity contribution is -0.122. The third kappa shape index (κ3) is 4.60. The van der Waals surface area contributed by atoms with E-state index in [0.29, 0.717) is 6.54 Å². The van der Waals surface area contributed by atoms with Gasteiger partial charge in [-0.1, -0.05) is 25.0 Å². The minimum absolute atomic E-state index is 0.0451. The van der Waals surface area contributed by atoms with Crippen molar-refractivity contribution in [3.63, 3.8) is 0 Å². The normalized spacial score (nSPS) is 18.3. The van der Waals surface area contributed by atoms with Crippen LogP contribution >= 0.6 is 0 Å². The zero-order valence-electron chi connectivity index (χ0n) is 12.1. The summed E-state index contributed by atoms with van der Waals surface area (Å²) in [7, 11) is 0. The van der Waals surface area contributed by atoms with Crippen LogP contribution in [0.4, 0.5) is 4.39 Å². The molecule has 1 aromatic carbocycles. The number of likely N-dealkylation sites (tertiary alicyclic amines) is 1. The number of amides is 1. The second kappa shape index (κ2) is 7.39. The van der Waals surface area contributed by atoms with Crippen molar-refractivity contribution >= 4 is 5.91 Å². The Kier molecular flexibility index (Phi) is 5.53. The van der Waals surface area contributed by atoms with Crippen molar-refractivity contribution in [3.8, 4) is 0 Å². The Morgan fingerprint density at radius 1 is 1.20 bits per heavy atom. The number of rotatable bonds is 4. The molecule has 1 aliphatic heterocycles. The molecule has 0 unspecified atom stereocenters. The lowest BCUT2D eigenvalue weighted by atomic mass is 10.1. The summed E-state index contributed by atoms with van der Waals surface area (Å²) in [5.41, 5.74) is 0.926. The molecule has 0 saturated carbocycles. The summed E-state index contributed by atoms with van der Waals surface area (Å²) >= 11 is 0. The van der Waals surface area contributed by atoms with Crippen molar-refractivity contribution in [1.82, 2.24) is 10.2 Å². The van der Waals surface area contributed by atoms with Gasteiger partial charge in [-0.05, 0) is 50.6 Å². The molecule has 1 aliphatic rings. The maximum atomic E-state index is 12.9. The van der Waals surface area contributed by atoms with Gasteiger partial charge in [-0.15, -0.1) is 0 Å². The third-order valence-electron chi connectivity index (χ3n) is 3.81. The minimum atomic E-state index is -0.253. The summed E-state index contributed by atoms with van der Waals surface area (Å²) in [4.78, 5) is 14.3. The quantitative estimate of drug-likeness (QED) is 0.918. The Morgan fingerprint density at radius 3 is 2.40 bits per heavy atom. The smallest absolute Gasteiger partial charge is 0.234 e. The number of carbonyl (C=O) groups excluding carboxylic acids is 1. The molecular formula is C16H23FN2O. The Balaban J connectivity index is 1.82. The van der Waals surface area contributed by atoms with Crippen LogP contribution in [0.2, 0.25) is 0 Å². The van der Waals surface area contributed by atoms with E-state index in [-0.39, 0.29) is 17.8 Å². The zero-order valence-corrected chi connectivity index (χ0v) is 12.1. The molecule has 2 rings (SSSR count). The van der Waals surface area contributed by atoms with Gasteiger partial charge < -0.3 is 5.32 Å². The van der Waals surface area contributed by atoms with Gasteiger partial charge in [0.25, 0.3) is 0 Å². The van der Waals surface area contributed by atoms with Gasteiger partial charge in [0.15, 0.2) is 0 Å². The van der Waals surface area contributed by atoms with Crippen LogP contribution in [0.25, 0.3) is 0 Å². The average molecular weight is 278 g/mol. The van der Waals surface area contributed by atoms with Gasteiger partial charge in [0.2, 0.25) is 5.91 Å². The summed E-state index contributed by atoms with van der Waals surface area (Å²) in [5, 5.41) is 2.98. The second-order valence-corrected chi connectivity index (χ2v) is 5.53. The molecule has 1 amide bonds. The van der Waals surface area contributed by atoms with E-state index in [1.165, 1.54) is 37.8 Å². The first-order valence-electron chi connectivity index (χ1n) is 7.42. The van der Waals surface area contributed by atoms with E-state index < -0.39 is 0 Å². The Morgan fingerprint density at radius 2 is 1.80 bits per heavy atom. The molecule has 4 heteroatoms. The van der Waals surface area contributed by atoms with Crippen LogP contribution in [-0.4, -0.2) is 30.4 Å². The maximum absolute atomic E-state index is 12.9. The minimum Gasteiger partial charge on any atom is -0.348 e. The SMILES string of the molecule is C[C@@H](NC(=O)CN1CCCCCC1)c1ccc(F)cc1. The average Bonchev–Trinajstić information content (AvgIpc) is 2.68. The van der Waals surface area contributed by atoms with Crippen LogP contribution in [-0.2, 0) is 4.79 Å². The summed E-state index contributed by atoms with van der Waals surface area (Å²) in [6, 6.07) is 6.19. The molecule has 3 nitrogen and oxygen atoms in total. The number of nitrogens with one attached hydrogen (secondary N) is 1. The third-order valence-corrected chi connectivity index (χ3v) is 3.81. The van der Waals surface area contributed by atoms with Gasteiger partial charge in [-0.3, -0.25) is 9.69 Å². The Bertz CT molecular complexity index is 425. The highest BCUT2D eigenvalue weighted by molar-refractivity contribution is 5.78. The molecule has 0 radical (unpaired) electrons. The van der Waals surface area contributed by atoms with Gasteiger partial charge in [0.05, 0.1) is 12.6 Å². The van der Waals surface area contributed by atoms with E-state index in [1.54, 1.807) is 12.1 Å². The van der Waals surface area contributed by atoms with E-state index >= 15 is 0 Å². The number of carbonyl (C=O) groups is 1. The predicted octanol–water partition coefficient (Wildman–Crippen LogP) is 2.88. The second-order valence-electron chi connectivity index (χ2n) is 5.53. The molecule has 1 aromatic rings. The molecule has 20 heavy (non-hydrogen) atoms. The van der Waals surface area contributed by atoms with Crippen molar-refractivity contribution < 1.29 is 9.18 Å². The van der Waals surface area contributed by atoms with Crippen LogP contribution in [0.15, 0.2) is 24.3 Å². The number of hydrogen-bond donors (Lipinski definition) is 1. The number of hydrogen-bond acceptors (Lipinski definition) is 2. The van der Waals surface area contributed by atoms with Crippen LogP contribution in [0, 0.1) is 5.82 Å². The van der Waals surface area contributed by atoms with Crippen molar-refractivity contribution in [2.75, 3.05) is 19.6 Å². The molecule has 0 aliphatic carbocycles. The highest BCUT2D eigenvalue weighted by Gasteiger charge is 2.15. The molecule has 0 bridgehead atoms. The zero-order chi connectivity index (χ0) is 14.4. The molecule has 0 spiro atoms. The van der Waals surface area contributed by atoms with Crippen LogP contribution in [0.3, 0.4) is 0 Å². The molecular weight excluding hydrogens is 255 g/mol. The van der Waals surface area contributed by atoms with E-state index in [1.807, 2.05) is 6.92 Å². The Labute approximate surface area is 120 Å². The van der Waals surface area contributed by atoms with Gasteiger partial charge in [-0.2, -0.15) is 0 Å². The molecule has 0 aromatic heterocycles. The molecule has 1 atom stereocenters. The molecule has 1 saturated heterocycles. The fourth-order valence-electron chi connectivity index (χ4n) is 2.62. The van der Waals surface area contributed by atoms with E-state index in [2.05, 4.69) is 10.2 Å². The fourth-order valence-corrected chi connectivity index (χ4v) is 2.62. The maximum Gasteiger partial charge on any atom is 0.234 e. The first-order chi connectivity index (χ1) is 9.65. The lowest BCUT2D eigenvalue weighted by Gasteiger charge is -2.21. The summed E-state index contributed by atoms with van der Waals surface area (Å²) in [6.45, 7) is 4.41. The monoisotopic (exact) mass is 278 g/mol. The van der Waals surface area contributed by atoms with E-state index in [4.69, 9.17) is 0 Å². The van der Waals surface area contributed by atoms with Crippen LogP contribution < -0.4 is 5.32 Å². The fraction of sp³-hybridized carbons (Fsp3) is 0.562. The highest BCUT2D eigenvalue weighted by atomic mass is 19.1. The summed E-state index contributed by atoms with van der Waals surface area (Å²) in [6.07, 6.45) is 4.90. The molecule has 1 N–H and O–H groups in total. The van der Waals surface area contributed by atoms with Crippen LogP contribution in [0.5, 0.6) is 0 Å². The number of halogens is 1. The van der Waals surface area contributed by atoms with E-state index in [0.717, 1.165) is 18.7 Å². The molecule has 110 valence electrons. The van der Waals surface area contributed by atoms with Gasteiger partial charge >= 0.3 is 0 Å². The Hall–Kier alpha value is -1.42. The number of benzene rings is 1. The summed E-state index contributed by atoms with van der Waals surface area (Å²) in [5.74, 6) is -0.208. The van der Waals surface area contributed by atoms with Crippen molar-refractivity contribution in [3.05, 3.63) is 35.6 Å². The van der Waals surface area contributed by atoms with Crippen LogP contribution in [0.1, 0.15) is 44.2 Å². The molecule has 1 fully saturated rings. The predicted molar refractivity (Wildman–Crippen MR) is 77.9 cm³/mol. The van der Waals surface area contributed by atoms with Crippen molar-refractivity contribution in [1.29, 1.82) is 0 Å². The van der Waals surface area contributed by atoms with Gasteiger partial charge in [0.1, 0.15) is 5.82 Å². The lowest BCUT2D eigenvalue weighted by Crippen LogP contribution is -2.38. The molecule has 1 heterocycles. The topological polar surface area (TPSA) is 32.3 Å². The van der Waals surface area contributed by atoms with E-state index in [9.17, 15) is 9.18 Å². The largest absolute Gasteiger partial charge is 0.348 e. The van der Waals surface area contributed by atoms with Crippen molar-refractivity contribution in [2.24, 2.45) is 0 Å². The summed E-state index contributed by atoms with van der Waals surface area (Å²) < 4.78 is 12.9. The van der Waals surface area contributed by atoms with Gasteiger partial charge in [0, 0.05) is 0 Å². The highest BCUT2D eigenvalue weighted by Crippen LogP contribution is 2.13.